The lowest BCUT2D eigenvalue weighted by molar-refractivity contribution is 0.149. The van der Waals surface area contributed by atoms with Crippen molar-refractivity contribution in [2.45, 2.75) is 25.4 Å². The summed E-state index contributed by atoms with van der Waals surface area (Å²) in [6, 6.07) is 10.1. The highest BCUT2D eigenvalue weighted by molar-refractivity contribution is 5.21. The zero-order chi connectivity index (χ0) is 12.3. The van der Waals surface area contributed by atoms with Crippen molar-refractivity contribution in [3.8, 4) is 0 Å². The summed E-state index contributed by atoms with van der Waals surface area (Å²) in [5.74, 6) is 0.136. The average Bonchev–Trinajstić information content (AvgIpc) is 2.75. The standard InChI is InChI=1S/C14H18N2O/c1-11(13-6-4-3-5-7-13)14(17)8-12-9-15-16(2)10-12/h3-7,9-11,14,17H,8H2,1-2H3. The summed E-state index contributed by atoms with van der Waals surface area (Å²) >= 11 is 0. The van der Waals surface area contributed by atoms with Crippen LogP contribution in [0.2, 0.25) is 0 Å². The lowest BCUT2D eigenvalue weighted by Crippen LogP contribution is -2.18. The van der Waals surface area contributed by atoms with E-state index >= 15 is 0 Å². The van der Waals surface area contributed by atoms with Crippen LogP contribution < -0.4 is 0 Å². The van der Waals surface area contributed by atoms with E-state index in [0.29, 0.717) is 6.42 Å². The van der Waals surface area contributed by atoms with E-state index in [9.17, 15) is 5.11 Å². The van der Waals surface area contributed by atoms with Crippen molar-refractivity contribution in [1.29, 1.82) is 0 Å². The monoisotopic (exact) mass is 230 g/mol. The van der Waals surface area contributed by atoms with E-state index in [0.717, 1.165) is 5.56 Å². The van der Waals surface area contributed by atoms with E-state index in [-0.39, 0.29) is 12.0 Å². The number of aliphatic hydroxyl groups excluding tert-OH is 1. The molecule has 3 nitrogen and oxygen atoms in total. The number of rotatable bonds is 4. The zero-order valence-corrected chi connectivity index (χ0v) is 10.2. The Morgan fingerprint density at radius 3 is 2.59 bits per heavy atom. The number of nitrogens with zero attached hydrogens (tertiary/aromatic N) is 2. The highest BCUT2D eigenvalue weighted by Gasteiger charge is 2.16. The van der Waals surface area contributed by atoms with Gasteiger partial charge in [0, 0.05) is 25.6 Å². The average molecular weight is 230 g/mol. The van der Waals surface area contributed by atoms with Gasteiger partial charge in [-0.2, -0.15) is 5.10 Å². The second kappa shape index (κ2) is 5.15. The van der Waals surface area contributed by atoms with Crippen LogP contribution in [0.4, 0.5) is 0 Å². The number of aromatic nitrogens is 2. The van der Waals surface area contributed by atoms with Gasteiger partial charge in [-0.05, 0) is 11.1 Å². The molecule has 0 saturated carbocycles. The topological polar surface area (TPSA) is 38.1 Å². The molecule has 0 aliphatic rings. The van der Waals surface area contributed by atoms with Crippen molar-refractivity contribution in [2.75, 3.05) is 0 Å². The third-order valence-electron chi connectivity index (χ3n) is 3.11. The minimum atomic E-state index is -0.374. The molecule has 0 aliphatic carbocycles. The predicted octanol–water partition coefficient (Wildman–Crippen LogP) is 2.13. The summed E-state index contributed by atoms with van der Waals surface area (Å²) < 4.78 is 1.76. The van der Waals surface area contributed by atoms with Gasteiger partial charge in [0.2, 0.25) is 0 Å². The summed E-state index contributed by atoms with van der Waals surface area (Å²) in [4.78, 5) is 0. The van der Waals surface area contributed by atoms with Crippen LogP contribution in [-0.4, -0.2) is 21.0 Å². The van der Waals surface area contributed by atoms with Crippen molar-refractivity contribution in [3.63, 3.8) is 0 Å². The van der Waals surface area contributed by atoms with Gasteiger partial charge in [0.05, 0.1) is 12.3 Å². The smallest absolute Gasteiger partial charge is 0.0647 e. The van der Waals surface area contributed by atoms with Gasteiger partial charge in [-0.15, -0.1) is 0 Å². The van der Waals surface area contributed by atoms with E-state index in [2.05, 4.69) is 24.2 Å². The fraction of sp³-hybridized carbons (Fsp3) is 0.357. The second-order valence-corrected chi connectivity index (χ2v) is 4.49. The van der Waals surface area contributed by atoms with Crippen molar-refractivity contribution in [1.82, 2.24) is 9.78 Å². The van der Waals surface area contributed by atoms with Gasteiger partial charge in [0.1, 0.15) is 0 Å². The van der Waals surface area contributed by atoms with Crippen molar-refractivity contribution in [2.24, 2.45) is 7.05 Å². The molecule has 2 rings (SSSR count). The van der Waals surface area contributed by atoms with Crippen LogP contribution in [0.5, 0.6) is 0 Å². The van der Waals surface area contributed by atoms with Crippen LogP contribution in [-0.2, 0) is 13.5 Å². The third-order valence-corrected chi connectivity index (χ3v) is 3.11. The van der Waals surface area contributed by atoms with Crippen LogP contribution in [0.3, 0.4) is 0 Å². The molecule has 0 spiro atoms. The highest BCUT2D eigenvalue weighted by atomic mass is 16.3. The minimum absolute atomic E-state index is 0.136. The molecule has 17 heavy (non-hydrogen) atoms. The summed E-state index contributed by atoms with van der Waals surface area (Å²) in [5, 5.41) is 14.3. The minimum Gasteiger partial charge on any atom is -0.392 e. The second-order valence-electron chi connectivity index (χ2n) is 4.49. The fourth-order valence-corrected chi connectivity index (χ4v) is 1.97. The first-order valence-electron chi connectivity index (χ1n) is 5.87. The summed E-state index contributed by atoms with van der Waals surface area (Å²) in [5.41, 5.74) is 2.24. The largest absolute Gasteiger partial charge is 0.392 e. The lowest BCUT2D eigenvalue weighted by atomic mass is 9.92. The molecule has 0 amide bonds. The van der Waals surface area contributed by atoms with Crippen molar-refractivity contribution in [3.05, 3.63) is 53.9 Å². The lowest BCUT2D eigenvalue weighted by Gasteiger charge is -2.18. The van der Waals surface area contributed by atoms with Gasteiger partial charge in [0.25, 0.3) is 0 Å². The van der Waals surface area contributed by atoms with Gasteiger partial charge in [0.15, 0.2) is 0 Å². The fourth-order valence-electron chi connectivity index (χ4n) is 1.97. The Balaban J connectivity index is 2.03. The molecule has 2 atom stereocenters. The normalized spacial score (nSPS) is 14.5. The van der Waals surface area contributed by atoms with E-state index in [1.807, 2.05) is 31.4 Å². The Kier molecular flexibility index (Phi) is 3.59. The first-order chi connectivity index (χ1) is 8.16. The maximum atomic E-state index is 10.2. The molecule has 0 bridgehead atoms. The molecule has 1 aromatic heterocycles. The molecule has 1 aromatic carbocycles. The van der Waals surface area contributed by atoms with Crippen molar-refractivity contribution >= 4 is 0 Å². The number of aliphatic hydroxyl groups is 1. The highest BCUT2D eigenvalue weighted by Crippen LogP contribution is 2.21. The summed E-state index contributed by atoms with van der Waals surface area (Å²) in [7, 11) is 1.89. The van der Waals surface area contributed by atoms with E-state index in [4.69, 9.17) is 0 Å². The molecule has 0 aliphatic heterocycles. The number of aryl methyl sites for hydroxylation is 1. The molecular formula is C14H18N2O. The molecular weight excluding hydrogens is 212 g/mol. The van der Waals surface area contributed by atoms with Crippen molar-refractivity contribution < 1.29 is 5.11 Å². The SMILES string of the molecule is CC(c1ccccc1)C(O)Cc1cnn(C)c1. The van der Waals surface area contributed by atoms with Gasteiger partial charge in [-0.25, -0.2) is 0 Å². The molecule has 2 unspecified atom stereocenters. The third kappa shape index (κ3) is 2.94. The van der Waals surface area contributed by atoms with E-state index in [1.54, 1.807) is 10.9 Å². The first-order valence-corrected chi connectivity index (χ1v) is 5.87. The predicted molar refractivity (Wildman–Crippen MR) is 67.8 cm³/mol. The molecule has 0 fully saturated rings. The summed E-state index contributed by atoms with van der Waals surface area (Å²) in [6.45, 7) is 2.05. The van der Waals surface area contributed by atoms with Gasteiger partial charge in [-0.3, -0.25) is 4.68 Å². The molecule has 0 radical (unpaired) electrons. The molecule has 3 heteroatoms. The van der Waals surface area contributed by atoms with Crippen LogP contribution in [0.15, 0.2) is 42.7 Å². The van der Waals surface area contributed by atoms with Crippen LogP contribution >= 0.6 is 0 Å². The number of hydrogen-bond donors (Lipinski definition) is 1. The van der Waals surface area contributed by atoms with Crippen LogP contribution in [0, 0.1) is 0 Å². The van der Waals surface area contributed by atoms with E-state index in [1.165, 1.54) is 5.56 Å². The van der Waals surface area contributed by atoms with Gasteiger partial charge >= 0.3 is 0 Å². The molecule has 90 valence electrons. The number of benzene rings is 1. The van der Waals surface area contributed by atoms with Gasteiger partial charge < -0.3 is 5.11 Å². The molecule has 0 saturated heterocycles. The maximum Gasteiger partial charge on any atom is 0.0647 e. The summed E-state index contributed by atoms with van der Waals surface area (Å²) in [6.07, 6.45) is 4.02. The van der Waals surface area contributed by atoms with Crippen LogP contribution in [0.25, 0.3) is 0 Å². The Morgan fingerprint density at radius 1 is 1.29 bits per heavy atom. The molecule has 1 heterocycles. The molecule has 1 N–H and O–H groups in total. The Bertz CT molecular complexity index is 464. The quantitative estimate of drug-likeness (QED) is 0.873. The maximum absolute atomic E-state index is 10.2. The number of hydrogen-bond acceptors (Lipinski definition) is 2. The Labute approximate surface area is 102 Å². The zero-order valence-electron chi connectivity index (χ0n) is 10.2. The van der Waals surface area contributed by atoms with Crippen LogP contribution in [0.1, 0.15) is 24.0 Å². The Morgan fingerprint density at radius 2 is 2.00 bits per heavy atom. The Hall–Kier alpha value is -1.61. The van der Waals surface area contributed by atoms with Gasteiger partial charge in [-0.1, -0.05) is 37.3 Å². The first kappa shape index (κ1) is 11.9. The van der Waals surface area contributed by atoms with E-state index < -0.39 is 0 Å². The molecule has 2 aromatic rings.